The maximum Gasteiger partial charge on any atom is 0.321 e. The molecule has 1 aromatic carbocycles. The van der Waals surface area contributed by atoms with Crippen molar-refractivity contribution in [2.24, 2.45) is 0 Å². The molecule has 0 bridgehead atoms. The second-order valence-electron chi connectivity index (χ2n) is 4.58. The Morgan fingerprint density at radius 2 is 2.37 bits per heavy atom. The molecule has 2 rings (SSSR count). The van der Waals surface area contributed by atoms with Gasteiger partial charge in [0.2, 0.25) is 0 Å². The zero-order chi connectivity index (χ0) is 13.8. The van der Waals surface area contributed by atoms with Crippen LogP contribution < -0.4 is 15.4 Å². The smallest absolute Gasteiger partial charge is 0.321 e. The van der Waals surface area contributed by atoms with Crippen molar-refractivity contribution >= 4 is 23.3 Å². The molecule has 1 heterocycles. The van der Waals surface area contributed by atoms with Crippen molar-refractivity contribution in [3.63, 3.8) is 0 Å². The summed E-state index contributed by atoms with van der Waals surface area (Å²) in [5.41, 5.74) is 0.596. The van der Waals surface area contributed by atoms with Crippen LogP contribution in [0.1, 0.15) is 6.92 Å². The van der Waals surface area contributed by atoms with E-state index in [1.54, 1.807) is 30.2 Å². The summed E-state index contributed by atoms with van der Waals surface area (Å²) < 4.78 is 5.07. The molecule has 1 fully saturated rings. The number of halogens is 1. The summed E-state index contributed by atoms with van der Waals surface area (Å²) in [6, 6.07) is 5.37. The van der Waals surface area contributed by atoms with E-state index in [-0.39, 0.29) is 6.03 Å². The van der Waals surface area contributed by atoms with Crippen molar-refractivity contribution in [1.29, 1.82) is 0 Å². The highest BCUT2D eigenvalue weighted by Crippen LogP contribution is 2.26. The molecule has 104 valence electrons. The first-order chi connectivity index (χ1) is 9.10. The average Bonchev–Trinajstić information content (AvgIpc) is 2.41. The molecule has 1 unspecified atom stereocenters. The highest BCUT2D eigenvalue weighted by molar-refractivity contribution is 6.33. The Morgan fingerprint density at radius 3 is 3.00 bits per heavy atom. The van der Waals surface area contributed by atoms with E-state index in [2.05, 4.69) is 17.6 Å². The summed E-state index contributed by atoms with van der Waals surface area (Å²) in [5.74, 6) is 0.666. The number of urea groups is 1. The van der Waals surface area contributed by atoms with Gasteiger partial charge in [-0.25, -0.2) is 4.79 Å². The number of rotatable bonds is 2. The van der Waals surface area contributed by atoms with Crippen LogP contribution >= 0.6 is 11.6 Å². The van der Waals surface area contributed by atoms with Crippen LogP contribution in [0.3, 0.4) is 0 Å². The molecule has 0 aliphatic carbocycles. The number of hydrogen-bond donors (Lipinski definition) is 2. The zero-order valence-corrected chi connectivity index (χ0v) is 11.8. The van der Waals surface area contributed by atoms with E-state index >= 15 is 0 Å². The zero-order valence-electron chi connectivity index (χ0n) is 11.1. The minimum atomic E-state index is -0.125. The summed E-state index contributed by atoms with van der Waals surface area (Å²) >= 11 is 6.09. The second kappa shape index (κ2) is 6.12. The Bertz CT molecular complexity index is 467. The van der Waals surface area contributed by atoms with Crippen molar-refractivity contribution in [3.05, 3.63) is 23.2 Å². The summed E-state index contributed by atoms with van der Waals surface area (Å²) in [4.78, 5) is 13.9. The largest absolute Gasteiger partial charge is 0.497 e. The van der Waals surface area contributed by atoms with Crippen LogP contribution in [0.2, 0.25) is 5.02 Å². The molecular weight excluding hydrogens is 266 g/mol. The molecule has 2 N–H and O–H groups in total. The van der Waals surface area contributed by atoms with E-state index in [9.17, 15) is 4.79 Å². The Morgan fingerprint density at radius 1 is 1.58 bits per heavy atom. The maximum atomic E-state index is 12.1. The Kier molecular flexibility index (Phi) is 4.50. The molecule has 1 saturated heterocycles. The van der Waals surface area contributed by atoms with Crippen LogP contribution in [0.5, 0.6) is 5.75 Å². The van der Waals surface area contributed by atoms with Gasteiger partial charge in [0.15, 0.2) is 0 Å². The van der Waals surface area contributed by atoms with Gasteiger partial charge in [-0.05, 0) is 19.1 Å². The molecule has 19 heavy (non-hydrogen) atoms. The van der Waals surface area contributed by atoms with Gasteiger partial charge in [-0.15, -0.1) is 0 Å². The quantitative estimate of drug-likeness (QED) is 0.875. The lowest BCUT2D eigenvalue weighted by molar-refractivity contribution is 0.192. The molecule has 6 heteroatoms. The standard InChI is InChI=1S/C13H18ClN3O2/c1-9-8-17(6-5-15-9)13(18)16-12-4-3-10(19-2)7-11(12)14/h3-4,7,9,15H,5-6,8H2,1-2H3,(H,16,18). The van der Waals surface area contributed by atoms with Gasteiger partial charge in [0, 0.05) is 31.7 Å². The fourth-order valence-corrected chi connectivity index (χ4v) is 2.25. The second-order valence-corrected chi connectivity index (χ2v) is 4.98. The average molecular weight is 284 g/mol. The van der Waals surface area contributed by atoms with E-state index in [1.807, 2.05) is 0 Å². The van der Waals surface area contributed by atoms with Crippen molar-refractivity contribution < 1.29 is 9.53 Å². The van der Waals surface area contributed by atoms with Gasteiger partial charge < -0.3 is 20.3 Å². The lowest BCUT2D eigenvalue weighted by Crippen LogP contribution is -2.52. The summed E-state index contributed by atoms with van der Waals surface area (Å²) in [5, 5.41) is 6.58. The molecule has 1 aromatic rings. The molecule has 0 radical (unpaired) electrons. The normalized spacial score (nSPS) is 19.1. The number of methoxy groups -OCH3 is 1. The molecule has 0 spiro atoms. The molecule has 0 aromatic heterocycles. The number of ether oxygens (including phenoxy) is 1. The van der Waals surface area contributed by atoms with Crippen LogP contribution in [-0.2, 0) is 0 Å². The monoisotopic (exact) mass is 283 g/mol. The number of amides is 2. The molecular formula is C13H18ClN3O2. The minimum absolute atomic E-state index is 0.125. The van der Waals surface area contributed by atoms with Crippen LogP contribution in [-0.4, -0.2) is 43.7 Å². The van der Waals surface area contributed by atoms with Gasteiger partial charge in [-0.2, -0.15) is 0 Å². The number of carbonyl (C=O) groups is 1. The maximum absolute atomic E-state index is 12.1. The number of anilines is 1. The minimum Gasteiger partial charge on any atom is -0.497 e. The fourth-order valence-electron chi connectivity index (χ4n) is 2.04. The molecule has 0 saturated carbocycles. The van der Waals surface area contributed by atoms with E-state index < -0.39 is 0 Å². The first-order valence-corrected chi connectivity index (χ1v) is 6.61. The topological polar surface area (TPSA) is 53.6 Å². The summed E-state index contributed by atoms with van der Waals surface area (Å²) in [6.45, 7) is 4.26. The van der Waals surface area contributed by atoms with Crippen LogP contribution in [0.25, 0.3) is 0 Å². The Hall–Kier alpha value is -1.46. The van der Waals surface area contributed by atoms with Crippen LogP contribution in [0, 0.1) is 0 Å². The first kappa shape index (κ1) is 14.0. The predicted octanol–water partition coefficient (Wildman–Crippen LogP) is 2.17. The van der Waals surface area contributed by atoms with Crippen molar-refractivity contribution in [1.82, 2.24) is 10.2 Å². The van der Waals surface area contributed by atoms with Gasteiger partial charge in [0.25, 0.3) is 0 Å². The van der Waals surface area contributed by atoms with Crippen molar-refractivity contribution in [2.45, 2.75) is 13.0 Å². The van der Waals surface area contributed by atoms with E-state index in [0.29, 0.717) is 35.6 Å². The van der Waals surface area contributed by atoms with Gasteiger partial charge in [-0.3, -0.25) is 0 Å². The highest BCUT2D eigenvalue weighted by atomic mass is 35.5. The molecule has 1 aliphatic heterocycles. The Labute approximate surface area is 117 Å². The van der Waals surface area contributed by atoms with Gasteiger partial charge in [-0.1, -0.05) is 11.6 Å². The van der Waals surface area contributed by atoms with E-state index in [1.165, 1.54) is 0 Å². The molecule has 1 atom stereocenters. The van der Waals surface area contributed by atoms with Crippen molar-refractivity contribution in [2.75, 3.05) is 32.1 Å². The third-order valence-corrected chi connectivity index (χ3v) is 3.39. The van der Waals surface area contributed by atoms with Gasteiger partial charge >= 0.3 is 6.03 Å². The number of benzene rings is 1. The fraction of sp³-hybridized carbons (Fsp3) is 0.462. The van der Waals surface area contributed by atoms with E-state index in [4.69, 9.17) is 16.3 Å². The molecule has 5 nitrogen and oxygen atoms in total. The van der Waals surface area contributed by atoms with Gasteiger partial charge in [0.1, 0.15) is 5.75 Å². The molecule has 2 amide bonds. The summed E-state index contributed by atoms with van der Waals surface area (Å²) in [6.07, 6.45) is 0. The van der Waals surface area contributed by atoms with Gasteiger partial charge in [0.05, 0.1) is 17.8 Å². The van der Waals surface area contributed by atoms with Crippen molar-refractivity contribution in [3.8, 4) is 5.75 Å². The van der Waals surface area contributed by atoms with E-state index in [0.717, 1.165) is 6.54 Å². The third kappa shape index (κ3) is 3.52. The number of nitrogens with zero attached hydrogens (tertiary/aromatic N) is 1. The van der Waals surface area contributed by atoms with Crippen LogP contribution in [0.4, 0.5) is 10.5 Å². The lowest BCUT2D eigenvalue weighted by atomic mass is 10.2. The lowest BCUT2D eigenvalue weighted by Gasteiger charge is -2.31. The summed E-state index contributed by atoms with van der Waals surface area (Å²) in [7, 11) is 1.58. The first-order valence-electron chi connectivity index (χ1n) is 6.23. The number of carbonyl (C=O) groups excluding carboxylic acids is 1. The SMILES string of the molecule is COc1ccc(NC(=O)N2CCNC(C)C2)c(Cl)c1. The molecule has 1 aliphatic rings. The number of hydrogen-bond acceptors (Lipinski definition) is 3. The highest BCUT2D eigenvalue weighted by Gasteiger charge is 2.20. The predicted molar refractivity (Wildman–Crippen MR) is 76.1 cm³/mol. The van der Waals surface area contributed by atoms with Crippen LogP contribution in [0.15, 0.2) is 18.2 Å². The third-order valence-electron chi connectivity index (χ3n) is 3.07. The Balaban J connectivity index is 2.02. The number of piperazine rings is 1. The number of nitrogens with one attached hydrogen (secondary N) is 2.